The van der Waals surface area contributed by atoms with Gasteiger partial charge in [-0.15, -0.1) is 0 Å². The molecule has 0 bridgehead atoms. The molecule has 1 heterocycles. The van der Waals surface area contributed by atoms with E-state index in [4.69, 9.17) is 0 Å². The minimum absolute atomic E-state index is 0.149. The van der Waals surface area contributed by atoms with Gasteiger partial charge in [-0.25, -0.2) is 0 Å². The molecule has 2 unspecified atom stereocenters. The van der Waals surface area contributed by atoms with E-state index in [1.165, 1.54) is 5.56 Å². The van der Waals surface area contributed by atoms with Crippen LogP contribution in [0.2, 0.25) is 0 Å². The largest absolute Gasteiger partial charge is 0.391 e. The number of hydrogen-bond donors (Lipinski definition) is 1. The van der Waals surface area contributed by atoms with Crippen molar-refractivity contribution < 1.29 is 13.2 Å². The zero-order chi connectivity index (χ0) is 13.9. The minimum atomic E-state index is -4.07. The monoisotopic (exact) mass is 271 g/mol. The first-order valence-electron chi connectivity index (χ1n) is 6.89. The maximum atomic E-state index is 12.8. The van der Waals surface area contributed by atoms with E-state index in [2.05, 4.69) is 12.2 Å². The molecule has 106 valence electrons. The molecule has 0 saturated carbocycles. The van der Waals surface area contributed by atoms with Crippen LogP contribution in [-0.4, -0.2) is 12.7 Å². The van der Waals surface area contributed by atoms with Crippen LogP contribution in [-0.2, 0) is 6.42 Å². The number of halogens is 3. The first kappa shape index (κ1) is 14.4. The number of nitrogens with one attached hydrogen (secondary N) is 1. The SMILES string of the molecule is CCCc1ccc(C2CC(C(F)(F)F)CCN2)cc1. The fraction of sp³-hybridized carbons (Fsp3) is 0.600. The van der Waals surface area contributed by atoms with E-state index in [1.807, 2.05) is 24.3 Å². The Morgan fingerprint density at radius 2 is 1.89 bits per heavy atom. The van der Waals surface area contributed by atoms with Gasteiger partial charge in [-0.2, -0.15) is 13.2 Å². The molecule has 2 atom stereocenters. The number of rotatable bonds is 3. The highest BCUT2D eigenvalue weighted by molar-refractivity contribution is 5.25. The molecule has 0 aliphatic carbocycles. The summed E-state index contributed by atoms with van der Waals surface area (Å²) in [5.41, 5.74) is 2.21. The Bertz CT molecular complexity index is 397. The van der Waals surface area contributed by atoms with Crippen LogP contribution in [0, 0.1) is 5.92 Å². The van der Waals surface area contributed by atoms with Crippen LogP contribution in [0.4, 0.5) is 13.2 Å². The molecule has 1 fully saturated rings. The average Bonchev–Trinajstić information content (AvgIpc) is 2.39. The van der Waals surface area contributed by atoms with Crippen molar-refractivity contribution in [3.63, 3.8) is 0 Å². The van der Waals surface area contributed by atoms with Gasteiger partial charge in [-0.3, -0.25) is 0 Å². The topological polar surface area (TPSA) is 12.0 Å². The van der Waals surface area contributed by atoms with Crippen molar-refractivity contribution in [3.8, 4) is 0 Å². The highest BCUT2D eigenvalue weighted by Gasteiger charge is 2.42. The number of benzene rings is 1. The Morgan fingerprint density at radius 3 is 2.47 bits per heavy atom. The van der Waals surface area contributed by atoms with Gasteiger partial charge in [0.05, 0.1) is 5.92 Å². The lowest BCUT2D eigenvalue weighted by molar-refractivity contribution is -0.183. The van der Waals surface area contributed by atoms with Crippen LogP contribution in [0.1, 0.15) is 43.4 Å². The zero-order valence-corrected chi connectivity index (χ0v) is 11.1. The van der Waals surface area contributed by atoms with Crippen molar-refractivity contribution in [1.82, 2.24) is 5.32 Å². The molecule has 1 aliphatic rings. The molecule has 1 aliphatic heterocycles. The summed E-state index contributed by atoms with van der Waals surface area (Å²) in [4.78, 5) is 0. The molecule has 19 heavy (non-hydrogen) atoms. The molecule has 1 aromatic rings. The summed E-state index contributed by atoms with van der Waals surface area (Å²) < 4.78 is 38.3. The fourth-order valence-electron chi connectivity index (χ4n) is 2.67. The first-order chi connectivity index (χ1) is 9.00. The Balaban J connectivity index is 2.04. The van der Waals surface area contributed by atoms with Gasteiger partial charge in [-0.1, -0.05) is 37.6 Å². The quantitative estimate of drug-likeness (QED) is 0.867. The second-order valence-electron chi connectivity index (χ2n) is 5.26. The third-order valence-corrected chi connectivity index (χ3v) is 3.79. The Labute approximate surface area is 112 Å². The molecule has 0 aromatic heterocycles. The summed E-state index contributed by atoms with van der Waals surface area (Å²) in [5, 5.41) is 3.19. The van der Waals surface area contributed by atoms with Gasteiger partial charge in [-0.05, 0) is 36.9 Å². The van der Waals surface area contributed by atoms with Gasteiger partial charge in [0.25, 0.3) is 0 Å². The third kappa shape index (κ3) is 3.72. The molecular weight excluding hydrogens is 251 g/mol. The maximum absolute atomic E-state index is 12.8. The summed E-state index contributed by atoms with van der Waals surface area (Å²) in [6, 6.07) is 7.80. The fourth-order valence-corrected chi connectivity index (χ4v) is 2.67. The lowest BCUT2D eigenvalue weighted by Crippen LogP contribution is -2.38. The number of aryl methyl sites for hydroxylation is 1. The van der Waals surface area contributed by atoms with E-state index in [0.29, 0.717) is 6.54 Å². The van der Waals surface area contributed by atoms with Crippen molar-refractivity contribution in [1.29, 1.82) is 0 Å². The average molecular weight is 271 g/mol. The Hall–Kier alpha value is -1.03. The van der Waals surface area contributed by atoms with Crippen LogP contribution >= 0.6 is 0 Å². The van der Waals surface area contributed by atoms with Gasteiger partial charge in [0.2, 0.25) is 0 Å². The highest BCUT2D eigenvalue weighted by atomic mass is 19.4. The van der Waals surface area contributed by atoms with Crippen molar-refractivity contribution in [2.75, 3.05) is 6.54 Å². The highest BCUT2D eigenvalue weighted by Crippen LogP contribution is 2.38. The maximum Gasteiger partial charge on any atom is 0.391 e. The van der Waals surface area contributed by atoms with Crippen molar-refractivity contribution in [3.05, 3.63) is 35.4 Å². The van der Waals surface area contributed by atoms with E-state index in [9.17, 15) is 13.2 Å². The van der Waals surface area contributed by atoms with E-state index in [-0.39, 0.29) is 18.9 Å². The smallest absolute Gasteiger partial charge is 0.310 e. The van der Waals surface area contributed by atoms with E-state index in [0.717, 1.165) is 18.4 Å². The molecule has 1 aromatic carbocycles. The third-order valence-electron chi connectivity index (χ3n) is 3.79. The van der Waals surface area contributed by atoms with Gasteiger partial charge in [0, 0.05) is 6.04 Å². The van der Waals surface area contributed by atoms with Crippen LogP contribution in [0.3, 0.4) is 0 Å². The summed E-state index contributed by atoms with van der Waals surface area (Å²) in [7, 11) is 0. The number of piperidine rings is 1. The van der Waals surface area contributed by atoms with E-state index < -0.39 is 12.1 Å². The zero-order valence-electron chi connectivity index (χ0n) is 11.1. The first-order valence-corrected chi connectivity index (χ1v) is 6.89. The molecular formula is C15H20F3N. The van der Waals surface area contributed by atoms with Gasteiger partial charge in [0.1, 0.15) is 0 Å². The second-order valence-corrected chi connectivity index (χ2v) is 5.26. The van der Waals surface area contributed by atoms with Gasteiger partial charge < -0.3 is 5.32 Å². The van der Waals surface area contributed by atoms with Crippen LogP contribution < -0.4 is 5.32 Å². The van der Waals surface area contributed by atoms with Gasteiger partial charge >= 0.3 is 6.18 Å². The molecule has 0 radical (unpaired) electrons. The molecule has 2 rings (SSSR count). The number of alkyl halides is 3. The lowest BCUT2D eigenvalue weighted by Gasteiger charge is -2.32. The van der Waals surface area contributed by atoms with E-state index in [1.54, 1.807) is 0 Å². The minimum Gasteiger partial charge on any atom is -0.310 e. The molecule has 1 nitrogen and oxygen atoms in total. The molecule has 1 saturated heterocycles. The normalized spacial score (nSPS) is 24.4. The van der Waals surface area contributed by atoms with Crippen molar-refractivity contribution in [2.24, 2.45) is 5.92 Å². The summed E-state index contributed by atoms with van der Waals surface area (Å²) in [6.45, 7) is 2.55. The van der Waals surface area contributed by atoms with Crippen molar-refractivity contribution in [2.45, 2.75) is 44.8 Å². The van der Waals surface area contributed by atoms with Crippen LogP contribution in [0.25, 0.3) is 0 Å². The molecule has 0 amide bonds. The Morgan fingerprint density at radius 1 is 1.21 bits per heavy atom. The molecule has 4 heteroatoms. The van der Waals surface area contributed by atoms with E-state index >= 15 is 0 Å². The van der Waals surface area contributed by atoms with Crippen LogP contribution in [0.15, 0.2) is 24.3 Å². The predicted octanol–water partition coefficient (Wildman–Crippen LogP) is 4.24. The molecule has 0 spiro atoms. The molecule has 1 N–H and O–H groups in total. The van der Waals surface area contributed by atoms with Crippen molar-refractivity contribution >= 4 is 0 Å². The summed E-state index contributed by atoms with van der Waals surface area (Å²) >= 11 is 0. The summed E-state index contributed by atoms with van der Waals surface area (Å²) in [5.74, 6) is -1.17. The number of hydrogen-bond acceptors (Lipinski definition) is 1. The lowest BCUT2D eigenvalue weighted by atomic mass is 9.88. The Kier molecular flexibility index (Phi) is 4.50. The second kappa shape index (κ2) is 5.95. The van der Waals surface area contributed by atoms with Crippen LogP contribution in [0.5, 0.6) is 0 Å². The predicted molar refractivity (Wildman–Crippen MR) is 70.0 cm³/mol. The van der Waals surface area contributed by atoms with Gasteiger partial charge in [0.15, 0.2) is 0 Å². The standard InChI is InChI=1S/C15H20F3N/c1-2-3-11-4-6-12(7-5-11)14-10-13(8-9-19-14)15(16,17)18/h4-7,13-14,19H,2-3,8-10H2,1H3. The summed E-state index contributed by atoms with van der Waals surface area (Å²) in [6.07, 6.45) is -1.63.